The number of fused-ring (bicyclic) bond motifs is 1. The fourth-order valence-corrected chi connectivity index (χ4v) is 3.13. The first-order valence-electron chi connectivity index (χ1n) is 12.9. The fraction of sp³-hybridized carbons (Fsp3) is 0.333. The van der Waals surface area contributed by atoms with Crippen LogP contribution in [0.1, 0.15) is 71.4 Å². The normalized spacial score (nSPS) is 11.8. The molecule has 4 heteroatoms. The van der Waals surface area contributed by atoms with E-state index in [2.05, 4.69) is 30.8 Å². The number of nitrogens with zero attached hydrogens (tertiary/aromatic N) is 2. The lowest BCUT2D eigenvalue weighted by molar-refractivity contribution is 0.0962. The fourth-order valence-electron chi connectivity index (χ4n) is 3.13. The van der Waals surface area contributed by atoms with Gasteiger partial charge in [-0.2, -0.15) is 0 Å². The highest BCUT2D eigenvalue weighted by Gasteiger charge is 2.16. The maximum Gasteiger partial charge on any atom is 0.262 e. The second-order valence-electron chi connectivity index (χ2n) is 7.97. The van der Waals surface area contributed by atoms with Crippen LogP contribution in [0.15, 0.2) is 102 Å². The van der Waals surface area contributed by atoms with Crippen molar-refractivity contribution in [3.05, 3.63) is 109 Å². The van der Waals surface area contributed by atoms with E-state index in [1.54, 1.807) is 48.2 Å². The number of allylic oxidation sites excluding steroid dienone is 7. The third-order valence-corrected chi connectivity index (χ3v) is 4.44. The summed E-state index contributed by atoms with van der Waals surface area (Å²) in [5.41, 5.74) is 5.44. The van der Waals surface area contributed by atoms with E-state index in [0.717, 1.165) is 39.7 Å². The van der Waals surface area contributed by atoms with Gasteiger partial charge in [-0.25, -0.2) is 0 Å². The molecule has 2 rings (SSSR count). The van der Waals surface area contributed by atoms with Crippen molar-refractivity contribution >= 4 is 23.0 Å². The molecule has 0 amide bonds. The molecular weight excluding hydrogens is 456 g/mol. The second-order valence-corrected chi connectivity index (χ2v) is 7.97. The van der Waals surface area contributed by atoms with Crippen molar-refractivity contribution < 1.29 is 9.90 Å². The van der Waals surface area contributed by atoms with Gasteiger partial charge in [0.15, 0.2) is 0 Å². The Kier molecular flexibility index (Phi) is 19.9. The van der Waals surface area contributed by atoms with Crippen LogP contribution in [0.2, 0.25) is 0 Å². The molecule has 1 aromatic carbocycles. The third-order valence-electron chi connectivity index (χ3n) is 4.44. The van der Waals surface area contributed by atoms with Crippen molar-refractivity contribution in [1.82, 2.24) is 4.57 Å². The van der Waals surface area contributed by atoms with Crippen molar-refractivity contribution in [2.75, 3.05) is 0 Å². The van der Waals surface area contributed by atoms with Gasteiger partial charge in [-0.1, -0.05) is 95.5 Å². The van der Waals surface area contributed by atoms with Gasteiger partial charge in [0.05, 0.1) is 11.6 Å². The number of aryl methyl sites for hydroxylation is 1. The predicted octanol–water partition coefficient (Wildman–Crippen LogP) is 8.98. The summed E-state index contributed by atoms with van der Waals surface area (Å²) in [5.74, 6) is -0.142. The quantitative estimate of drug-likeness (QED) is 0.169. The van der Waals surface area contributed by atoms with Crippen molar-refractivity contribution in [1.29, 1.82) is 0 Å². The Morgan fingerprint density at radius 1 is 1.16 bits per heavy atom. The van der Waals surface area contributed by atoms with E-state index in [1.807, 2.05) is 79.7 Å². The summed E-state index contributed by atoms with van der Waals surface area (Å²) in [6.07, 6.45) is 11.9. The number of rotatable bonds is 8. The van der Waals surface area contributed by atoms with Crippen LogP contribution in [0.5, 0.6) is 0 Å². The summed E-state index contributed by atoms with van der Waals surface area (Å²) in [4.78, 5) is 17.0. The van der Waals surface area contributed by atoms with Gasteiger partial charge >= 0.3 is 0 Å². The molecule has 1 N–H and O–H groups in total. The molecule has 0 aliphatic carbocycles. The van der Waals surface area contributed by atoms with E-state index in [0.29, 0.717) is 5.57 Å². The van der Waals surface area contributed by atoms with E-state index in [4.69, 9.17) is 0 Å². The number of aliphatic hydroxyl groups excluding tert-OH is 1. The van der Waals surface area contributed by atoms with E-state index in [9.17, 15) is 9.90 Å². The Morgan fingerprint density at radius 2 is 1.78 bits per heavy atom. The van der Waals surface area contributed by atoms with Crippen LogP contribution < -0.4 is 0 Å². The third kappa shape index (κ3) is 13.4. The Bertz CT molecular complexity index is 1120. The van der Waals surface area contributed by atoms with Gasteiger partial charge in [0, 0.05) is 29.1 Å². The van der Waals surface area contributed by atoms with Crippen LogP contribution in [-0.4, -0.2) is 27.9 Å². The van der Waals surface area contributed by atoms with Gasteiger partial charge in [-0.05, 0) is 64.3 Å². The summed E-state index contributed by atoms with van der Waals surface area (Å²) in [6, 6.07) is 8.02. The summed E-state index contributed by atoms with van der Waals surface area (Å²) < 4.78 is 1.71. The number of carbonyl (C=O) groups is 1. The summed E-state index contributed by atoms with van der Waals surface area (Å²) in [5, 5.41) is 10.5. The minimum atomic E-state index is -0.620. The van der Waals surface area contributed by atoms with E-state index < -0.39 is 6.10 Å². The Hall–Kier alpha value is -3.50. The van der Waals surface area contributed by atoms with Gasteiger partial charge in [-0.15, -0.1) is 0 Å². The first kappa shape index (κ1) is 35.7. The molecule has 1 heterocycles. The molecule has 4 nitrogen and oxygen atoms in total. The summed E-state index contributed by atoms with van der Waals surface area (Å²) >= 11 is 0. The van der Waals surface area contributed by atoms with Gasteiger partial charge in [0.2, 0.25) is 0 Å². The first-order chi connectivity index (χ1) is 17.6. The highest BCUT2D eigenvalue weighted by Crippen LogP contribution is 2.26. The molecule has 0 spiro atoms. The minimum Gasteiger partial charge on any atom is -0.389 e. The first-order valence-corrected chi connectivity index (χ1v) is 12.9. The number of hydrogen-bond donors (Lipinski definition) is 1. The number of carbonyl (C=O) groups excluding carboxylic acids is 1. The van der Waals surface area contributed by atoms with Gasteiger partial charge in [0.25, 0.3) is 5.91 Å². The van der Waals surface area contributed by atoms with Crippen LogP contribution in [0, 0.1) is 6.92 Å². The highest BCUT2D eigenvalue weighted by molar-refractivity contribution is 6.05. The predicted molar refractivity (Wildman–Crippen MR) is 166 cm³/mol. The van der Waals surface area contributed by atoms with Crippen LogP contribution in [0.3, 0.4) is 0 Å². The standard InChI is InChI=1S/C22H25NO2.C7H11N.2C2H6/c1-6-8-18(12-11-17(5)24)22(25)23-16(4)14-20-19(13-15(2)3)9-7-10-21(20)23;1-4-5-8-6-7(2)3;2*1-2/h6-12,14,17,24H,1-2,13H2,3-5H3;4-6H,2H2,1,3H3;2*1-2H3/b12-11-,18-8+;5-4-,8-6?;;. The molecule has 1 unspecified atom stereocenters. The summed E-state index contributed by atoms with van der Waals surface area (Å²) in [6.45, 7) is 28.7. The largest absolute Gasteiger partial charge is 0.389 e. The molecule has 0 saturated heterocycles. The maximum absolute atomic E-state index is 13.1. The van der Waals surface area contributed by atoms with Crippen LogP contribution >= 0.6 is 0 Å². The van der Waals surface area contributed by atoms with Crippen LogP contribution in [0.25, 0.3) is 10.9 Å². The maximum atomic E-state index is 13.1. The van der Waals surface area contributed by atoms with Crippen LogP contribution in [-0.2, 0) is 6.42 Å². The van der Waals surface area contributed by atoms with Gasteiger partial charge < -0.3 is 5.11 Å². The lowest BCUT2D eigenvalue weighted by Gasteiger charge is -2.09. The lowest BCUT2D eigenvalue weighted by atomic mass is 10.0. The van der Waals surface area contributed by atoms with Crippen molar-refractivity contribution in [2.45, 2.75) is 74.8 Å². The van der Waals surface area contributed by atoms with Gasteiger partial charge in [0.1, 0.15) is 0 Å². The molecule has 0 bridgehead atoms. The molecular formula is C33H48N2O2. The number of aliphatic imine (C=N–C) groups is 1. The Morgan fingerprint density at radius 3 is 2.27 bits per heavy atom. The lowest BCUT2D eigenvalue weighted by Crippen LogP contribution is -2.14. The average Bonchev–Trinajstić information content (AvgIpc) is 3.20. The molecule has 0 radical (unpaired) electrons. The SMILES string of the molecule is C=C(C)C=N/C=C\C.C=C/C=C(\C=C/C(C)O)C(=O)n1c(C)cc2c(CC(=C)C)cccc21.CC.CC. The average molecular weight is 505 g/mol. The molecule has 202 valence electrons. The number of aliphatic hydroxyl groups is 1. The molecule has 0 aliphatic rings. The molecule has 0 fully saturated rings. The minimum absolute atomic E-state index is 0.142. The zero-order valence-electron chi connectivity index (χ0n) is 24.5. The molecule has 1 aromatic heterocycles. The van der Waals surface area contributed by atoms with E-state index >= 15 is 0 Å². The molecule has 1 atom stereocenters. The van der Waals surface area contributed by atoms with Crippen molar-refractivity contribution in [3.8, 4) is 0 Å². The van der Waals surface area contributed by atoms with Crippen molar-refractivity contribution in [2.24, 2.45) is 4.99 Å². The zero-order valence-corrected chi connectivity index (χ0v) is 24.5. The monoisotopic (exact) mass is 504 g/mol. The molecule has 2 aromatic rings. The Labute approximate surface area is 225 Å². The smallest absolute Gasteiger partial charge is 0.262 e. The molecule has 37 heavy (non-hydrogen) atoms. The number of benzene rings is 1. The molecule has 0 aliphatic heterocycles. The zero-order chi connectivity index (χ0) is 29.0. The summed E-state index contributed by atoms with van der Waals surface area (Å²) in [7, 11) is 0. The van der Waals surface area contributed by atoms with Crippen molar-refractivity contribution in [3.63, 3.8) is 0 Å². The van der Waals surface area contributed by atoms with E-state index in [-0.39, 0.29) is 5.91 Å². The molecule has 0 saturated carbocycles. The van der Waals surface area contributed by atoms with Crippen LogP contribution in [0.4, 0.5) is 0 Å². The van der Waals surface area contributed by atoms with Gasteiger partial charge in [-0.3, -0.25) is 14.4 Å². The number of aromatic nitrogens is 1. The van der Waals surface area contributed by atoms with E-state index in [1.165, 1.54) is 0 Å². The topological polar surface area (TPSA) is 54.6 Å². The number of hydrogen-bond acceptors (Lipinski definition) is 3. The highest BCUT2D eigenvalue weighted by atomic mass is 16.3. The second kappa shape index (κ2) is 20.7. The Balaban J connectivity index is 0.